The maximum absolute atomic E-state index is 11.0. The number of hydrogen-bond donors (Lipinski definition) is 1. The van der Waals surface area contributed by atoms with E-state index in [1.807, 2.05) is 6.07 Å². The molecule has 2 aromatic heterocycles. The van der Waals surface area contributed by atoms with Crippen molar-refractivity contribution in [2.24, 2.45) is 0 Å². The van der Waals surface area contributed by atoms with Crippen LogP contribution in [0.2, 0.25) is 0 Å². The summed E-state index contributed by atoms with van der Waals surface area (Å²) in [6.45, 7) is 7.85. The molecule has 1 N–H and O–H groups in total. The number of aromatic carboxylic acids is 1. The van der Waals surface area contributed by atoms with E-state index in [0.717, 1.165) is 34.4 Å². The Morgan fingerprint density at radius 3 is 2.73 bits per heavy atom. The third kappa shape index (κ3) is 2.81. The van der Waals surface area contributed by atoms with Gasteiger partial charge in [0.2, 0.25) is 5.13 Å². The lowest BCUT2D eigenvalue weighted by Gasteiger charge is -2.27. The molecule has 2 aromatic rings. The molecule has 1 aliphatic heterocycles. The van der Waals surface area contributed by atoms with Gasteiger partial charge in [0, 0.05) is 30.6 Å². The van der Waals surface area contributed by atoms with Gasteiger partial charge in [-0.1, -0.05) is 38.2 Å². The number of carboxylic acid groups (broad SMARTS) is 1. The summed E-state index contributed by atoms with van der Waals surface area (Å²) in [6.07, 6.45) is 0.723. The zero-order valence-electron chi connectivity index (χ0n) is 12.8. The van der Waals surface area contributed by atoms with Gasteiger partial charge in [0.05, 0.1) is 0 Å². The number of anilines is 1. The molecule has 0 aromatic carbocycles. The summed E-state index contributed by atoms with van der Waals surface area (Å²) in [5.74, 6) is -0.982. The van der Waals surface area contributed by atoms with Gasteiger partial charge in [-0.2, -0.15) is 0 Å². The molecular weight excluding hydrogens is 300 g/mol. The van der Waals surface area contributed by atoms with Crippen molar-refractivity contribution in [1.29, 1.82) is 0 Å². The highest BCUT2D eigenvalue weighted by molar-refractivity contribution is 7.15. The summed E-state index contributed by atoms with van der Waals surface area (Å²) in [4.78, 5) is 17.4. The van der Waals surface area contributed by atoms with Gasteiger partial charge < -0.3 is 10.0 Å². The van der Waals surface area contributed by atoms with E-state index in [9.17, 15) is 4.79 Å². The summed E-state index contributed by atoms with van der Waals surface area (Å²) in [6, 6.07) is 3.41. The van der Waals surface area contributed by atoms with E-state index >= 15 is 0 Å². The molecule has 0 bridgehead atoms. The Bertz CT molecular complexity index is 721. The smallest absolute Gasteiger partial charge is 0.354 e. The lowest BCUT2D eigenvalue weighted by Crippen LogP contribution is -2.31. The van der Waals surface area contributed by atoms with Crippen LogP contribution in [0.3, 0.4) is 0 Å². The molecular formula is C15H18N4O2S. The van der Waals surface area contributed by atoms with Crippen LogP contribution in [0, 0.1) is 0 Å². The van der Waals surface area contributed by atoms with E-state index in [1.165, 1.54) is 0 Å². The number of carbonyl (C=O) groups is 1. The Kier molecular flexibility index (Phi) is 3.60. The number of pyridine rings is 1. The van der Waals surface area contributed by atoms with Crippen LogP contribution in [0.4, 0.5) is 5.13 Å². The van der Waals surface area contributed by atoms with Crippen molar-refractivity contribution in [1.82, 2.24) is 15.2 Å². The summed E-state index contributed by atoms with van der Waals surface area (Å²) in [5.41, 5.74) is 2.04. The second-order valence-electron chi connectivity index (χ2n) is 6.42. The largest absolute Gasteiger partial charge is 0.477 e. The number of carboxylic acids is 1. The molecule has 3 heterocycles. The zero-order valence-corrected chi connectivity index (χ0v) is 13.6. The minimum atomic E-state index is -0.982. The summed E-state index contributed by atoms with van der Waals surface area (Å²) >= 11 is 1.62. The van der Waals surface area contributed by atoms with Gasteiger partial charge in [-0.05, 0) is 11.6 Å². The van der Waals surface area contributed by atoms with Crippen molar-refractivity contribution in [3.63, 3.8) is 0 Å². The third-order valence-electron chi connectivity index (χ3n) is 3.59. The molecule has 0 atom stereocenters. The summed E-state index contributed by atoms with van der Waals surface area (Å²) < 4.78 is 0. The van der Waals surface area contributed by atoms with Crippen molar-refractivity contribution >= 4 is 22.4 Å². The van der Waals surface area contributed by atoms with E-state index in [1.54, 1.807) is 17.4 Å². The first-order valence-electron chi connectivity index (χ1n) is 7.15. The van der Waals surface area contributed by atoms with E-state index in [4.69, 9.17) is 5.11 Å². The van der Waals surface area contributed by atoms with Gasteiger partial charge in [-0.3, -0.25) is 0 Å². The topological polar surface area (TPSA) is 79.2 Å². The fourth-order valence-corrected chi connectivity index (χ4v) is 3.27. The fourth-order valence-electron chi connectivity index (χ4n) is 2.34. The van der Waals surface area contributed by atoms with E-state index in [-0.39, 0.29) is 11.1 Å². The predicted molar refractivity (Wildman–Crippen MR) is 84.6 cm³/mol. The average Bonchev–Trinajstić information content (AvgIpc) is 2.96. The molecule has 116 valence electrons. The van der Waals surface area contributed by atoms with Crippen molar-refractivity contribution in [3.05, 3.63) is 34.1 Å². The molecule has 0 saturated carbocycles. The van der Waals surface area contributed by atoms with Gasteiger partial charge in [0.25, 0.3) is 0 Å². The normalized spacial score (nSPS) is 14.8. The summed E-state index contributed by atoms with van der Waals surface area (Å²) in [5, 5.41) is 19.5. The van der Waals surface area contributed by atoms with Crippen molar-refractivity contribution in [2.45, 2.75) is 39.2 Å². The maximum atomic E-state index is 11.0. The van der Waals surface area contributed by atoms with E-state index in [0.29, 0.717) is 6.54 Å². The van der Waals surface area contributed by atoms with Crippen molar-refractivity contribution < 1.29 is 9.90 Å². The Balaban J connectivity index is 1.82. The van der Waals surface area contributed by atoms with Crippen LogP contribution in [0.15, 0.2) is 12.1 Å². The fraction of sp³-hybridized carbons (Fsp3) is 0.467. The predicted octanol–water partition coefficient (Wildman–Crippen LogP) is 2.49. The number of hydrogen-bond acceptors (Lipinski definition) is 6. The Hall–Kier alpha value is -2.02. The molecule has 6 nitrogen and oxygen atoms in total. The molecule has 0 fully saturated rings. The molecule has 0 spiro atoms. The Labute approximate surface area is 132 Å². The first-order chi connectivity index (χ1) is 10.3. The van der Waals surface area contributed by atoms with Crippen LogP contribution in [-0.4, -0.2) is 32.8 Å². The Morgan fingerprint density at radius 2 is 2.09 bits per heavy atom. The van der Waals surface area contributed by atoms with Crippen molar-refractivity contribution in [2.75, 3.05) is 11.4 Å². The van der Waals surface area contributed by atoms with Crippen LogP contribution in [0.5, 0.6) is 0 Å². The zero-order chi connectivity index (χ0) is 15.9. The lowest BCUT2D eigenvalue weighted by atomic mass is 9.98. The minimum absolute atomic E-state index is 0.00154. The second kappa shape index (κ2) is 5.31. The highest BCUT2D eigenvalue weighted by atomic mass is 32.1. The number of nitrogens with zero attached hydrogens (tertiary/aromatic N) is 4. The Morgan fingerprint density at radius 1 is 1.32 bits per heavy atom. The molecule has 0 aliphatic carbocycles. The quantitative estimate of drug-likeness (QED) is 0.916. The van der Waals surface area contributed by atoms with Crippen molar-refractivity contribution in [3.8, 4) is 0 Å². The number of rotatable bonds is 2. The molecule has 0 saturated heterocycles. The van der Waals surface area contributed by atoms with E-state index in [2.05, 4.69) is 40.9 Å². The van der Waals surface area contributed by atoms with Gasteiger partial charge in [0.1, 0.15) is 10.7 Å². The molecule has 22 heavy (non-hydrogen) atoms. The summed E-state index contributed by atoms with van der Waals surface area (Å²) in [7, 11) is 0. The molecule has 0 unspecified atom stereocenters. The highest BCUT2D eigenvalue weighted by Crippen LogP contribution is 2.32. The highest BCUT2D eigenvalue weighted by Gasteiger charge is 2.24. The standard InChI is InChI=1S/C15H18N4O2S/c1-15(2,3)13-17-18-14(22-13)19-7-6-10-9(8-19)4-5-11(16-10)12(20)21/h4-5H,6-8H2,1-3H3,(H,20,21). The van der Waals surface area contributed by atoms with Gasteiger partial charge in [-0.25, -0.2) is 9.78 Å². The van der Waals surface area contributed by atoms with Crippen LogP contribution in [0.25, 0.3) is 0 Å². The molecule has 1 aliphatic rings. The molecule has 0 amide bonds. The maximum Gasteiger partial charge on any atom is 0.354 e. The van der Waals surface area contributed by atoms with Crippen LogP contribution < -0.4 is 4.90 Å². The minimum Gasteiger partial charge on any atom is -0.477 e. The first kappa shape index (κ1) is 14.9. The van der Waals surface area contributed by atoms with Gasteiger partial charge in [0.15, 0.2) is 0 Å². The van der Waals surface area contributed by atoms with Gasteiger partial charge >= 0.3 is 5.97 Å². The second-order valence-corrected chi connectivity index (χ2v) is 7.37. The molecule has 3 rings (SSSR count). The SMILES string of the molecule is CC(C)(C)c1nnc(N2CCc3nc(C(=O)O)ccc3C2)s1. The molecule has 0 radical (unpaired) electrons. The van der Waals surface area contributed by atoms with Gasteiger partial charge in [-0.15, -0.1) is 10.2 Å². The van der Waals surface area contributed by atoms with Crippen LogP contribution >= 0.6 is 11.3 Å². The van der Waals surface area contributed by atoms with E-state index < -0.39 is 5.97 Å². The average molecular weight is 318 g/mol. The van der Waals surface area contributed by atoms with Crippen LogP contribution in [-0.2, 0) is 18.4 Å². The molecule has 7 heteroatoms. The van der Waals surface area contributed by atoms with Crippen LogP contribution in [0.1, 0.15) is 47.5 Å². The number of aromatic nitrogens is 3. The first-order valence-corrected chi connectivity index (χ1v) is 7.97. The lowest BCUT2D eigenvalue weighted by molar-refractivity contribution is 0.0690. The third-order valence-corrected chi connectivity index (χ3v) is 5.00. The monoisotopic (exact) mass is 318 g/mol. The number of fused-ring (bicyclic) bond motifs is 1.